The predicted molar refractivity (Wildman–Crippen MR) is 224 cm³/mol. The molecule has 2 aliphatic rings. The first-order valence-corrected chi connectivity index (χ1v) is 36.3. The molecule has 13 heteroatoms. The molecule has 0 aliphatic heterocycles. The second-order valence-electron chi connectivity index (χ2n) is 16.9. The maximum absolute atomic E-state index is 14.0. The van der Waals surface area contributed by atoms with E-state index in [1.54, 1.807) is 12.1 Å². The SMILES string of the molecule is CCCC(C)C1=Cc2c(-c3ccc(C(C)C)cc3)cccc2[CH]1[Zr]([Cl])([Cl])([CH]1C(CC)=Cc2c(-c3ccc(C(C(F)(F)F)(C(F)(F)F)C(F)(F)F)cc3)cccc21)[SiH](C)C. The Morgan fingerprint density at radius 2 is 1.08 bits per heavy atom. The molecular formula is C46H48Cl2F9SiZr. The van der Waals surface area contributed by atoms with Crippen molar-refractivity contribution in [2.24, 2.45) is 5.92 Å². The predicted octanol–water partition coefficient (Wildman–Crippen LogP) is 16.5. The van der Waals surface area contributed by atoms with Crippen LogP contribution in [0.4, 0.5) is 39.5 Å². The maximum atomic E-state index is 14.0. The minimum absolute atomic E-state index is 0.156. The van der Waals surface area contributed by atoms with Crippen molar-refractivity contribution in [3.05, 3.63) is 129 Å². The quantitative estimate of drug-likeness (QED) is 0.104. The summed E-state index contributed by atoms with van der Waals surface area (Å²) < 4.78 is 126. The molecule has 0 saturated carbocycles. The number of benzene rings is 4. The second kappa shape index (κ2) is 16.0. The molecule has 0 amide bonds. The van der Waals surface area contributed by atoms with Crippen LogP contribution in [-0.2, 0) is 21.0 Å². The Bertz CT molecular complexity index is 2230. The molecule has 0 heterocycles. The van der Waals surface area contributed by atoms with Crippen molar-refractivity contribution in [1.29, 1.82) is 0 Å². The first kappa shape index (κ1) is 45.9. The molecule has 4 aromatic carbocycles. The topological polar surface area (TPSA) is 0 Å². The van der Waals surface area contributed by atoms with E-state index in [0.717, 1.165) is 58.4 Å². The van der Waals surface area contributed by atoms with Gasteiger partial charge < -0.3 is 0 Å². The van der Waals surface area contributed by atoms with Crippen LogP contribution >= 0.6 is 17.0 Å². The summed E-state index contributed by atoms with van der Waals surface area (Å²) in [5.74, 6) is -1.49. The van der Waals surface area contributed by atoms with E-state index < -0.39 is 51.0 Å². The Morgan fingerprint density at radius 1 is 0.627 bits per heavy atom. The molecule has 4 aromatic rings. The Morgan fingerprint density at radius 3 is 1.51 bits per heavy atom. The summed E-state index contributed by atoms with van der Waals surface area (Å²) >= 11 is -5.35. The molecule has 3 unspecified atom stereocenters. The fourth-order valence-corrected chi connectivity index (χ4v) is 41.3. The molecule has 0 bridgehead atoms. The van der Waals surface area contributed by atoms with Gasteiger partial charge in [-0.1, -0.05) is 0 Å². The van der Waals surface area contributed by atoms with Crippen LogP contribution < -0.4 is 0 Å². The second-order valence-corrected chi connectivity index (χ2v) is 59.4. The molecule has 0 nitrogen and oxygen atoms in total. The van der Waals surface area contributed by atoms with Crippen LogP contribution in [0.3, 0.4) is 0 Å². The molecule has 6 rings (SSSR count). The fourth-order valence-electron chi connectivity index (χ4n) is 9.75. The van der Waals surface area contributed by atoms with E-state index in [-0.39, 0.29) is 30.9 Å². The Kier molecular flexibility index (Phi) is 12.4. The van der Waals surface area contributed by atoms with Crippen molar-refractivity contribution in [3.63, 3.8) is 0 Å². The van der Waals surface area contributed by atoms with E-state index in [4.69, 9.17) is 17.0 Å². The molecule has 317 valence electrons. The van der Waals surface area contributed by atoms with Crippen molar-refractivity contribution in [3.8, 4) is 22.3 Å². The van der Waals surface area contributed by atoms with Gasteiger partial charge >= 0.3 is 352 Å². The zero-order valence-corrected chi connectivity index (χ0v) is 39.0. The molecule has 2 aliphatic carbocycles. The number of hydrogen-bond donors (Lipinski definition) is 0. The van der Waals surface area contributed by atoms with Crippen LogP contribution in [0.1, 0.15) is 100 Å². The van der Waals surface area contributed by atoms with Gasteiger partial charge in [0.05, 0.1) is 0 Å². The number of fused-ring (bicyclic) bond motifs is 2. The summed E-state index contributed by atoms with van der Waals surface area (Å²) in [5.41, 5.74) is 1.88. The Balaban J connectivity index is 1.54. The minimum atomic E-state index is -6.71. The molecule has 0 radical (unpaired) electrons. The van der Waals surface area contributed by atoms with Gasteiger partial charge in [0.1, 0.15) is 0 Å². The van der Waals surface area contributed by atoms with Gasteiger partial charge in [-0.2, -0.15) is 0 Å². The molecule has 59 heavy (non-hydrogen) atoms. The van der Waals surface area contributed by atoms with E-state index in [1.807, 2.05) is 19.1 Å². The summed E-state index contributed by atoms with van der Waals surface area (Å²) in [5, 5.41) is 0. The summed E-state index contributed by atoms with van der Waals surface area (Å²) in [4.78, 5) is 0. The third-order valence-electron chi connectivity index (χ3n) is 12.9. The average Bonchev–Trinajstić information content (AvgIpc) is 3.74. The molecule has 0 saturated heterocycles. The van der Waals surface area contributed by atoms with E-state index in [1.165, 1.54) is 11.1 Å². The summed E-state index contributed by atoms with van der Waals surface area (Å²) in [7, 11) is 17.2. The van der Waals surface area contributed by atoms with Gasteiger partial charge in [0, 0.05) is 0 Å². The molecule has 0 aromatic heterocycles. The van der Waals surface area contributed by atoms with Crippen LogP contribution in [0.25, 0.3) is 34.4 Å². The zero-order valence-electron chi connectivity index (χ0n) is 33.9. The van der Waals surface area contributed by atoms with Crippen LogP contribution in [0.2, 0.25) is 13.1 Å². The van der Waals surface area contributed by atoms with E-state index >= 15 is 0 Å². The normalized spacial score (nSPS) is 18.7. The van der Waals surface area contributed by atoms with Gasteiger partial charge in [-0.15, -0.1) is 0 Å². The standard InChI is InChI=1S/C23H27.C21H14F9.C2H7Si.2ClH.Zr/c1-5-7-17(4)21-14-20-8-6-9-22(23(20)15-21)19-12-10-18(11-13-19)16(2)3;1-2-12-10-14-4-3-5-16(17(14)11-12)13-6-8-15(9-7-13)18(19(22,23)24,20(25,26)27)21(28,29)30;1-3-2;;;/h6,8-17H,5,7H2,1-4H3;3-11H,2H2,1H3;3H,1-2H3;2*1H;/q;;;;;+2/p-2. The van der Waals surface area contributed by atoms with Gasteiger partial charge in [0.25, 0.3) is 0 Å². The number of alkyl halides is 9. The van der Waals surface area contributed by atoms with Gasteiger partial charge in [-0.05, 0) is 0 Å². The fraction of sp³-hybridized carbons (Fsp3) is 0.391. The van der Waals surface area contributed by atoms with Gasteiger partial charge in [-0.25, -0.2) is 0 Å². The van der Waals surface area contributed by atoms with Crippen molar-refractivity contribution in [2.45, 2.75) is 104 Å². The molecule has 0 N–H and O–H groups in total. The molecule has 3 atom stereocenters. The van der Waals surface area contributed by atoms with Crippen molar-refractivity contribution in [2.75, 3.05) is 0 Å². The monoisotopic (exact) mass is 959 g/mol. The number of halogens is 11. The number of rotatable bonds is 11. The summed E-state index contributed by atoms with van der Waals surface area (Å²) in [6.07, 6.45) is -13.4. The number of allylic oxidation sites excluding steroid dienone is 2. The third kappa shape index (κ3) is 7.27. The molecule has 0 fully saturated rings. The van der Waals surface area contributed by atoms with Crippen LogP contribution in [0.5, 0.6) is 0 Å². The summed E-state index contributed by atoms with van der Waals surface area (Å²) in [6.45, 7) is 15.1. The van der Waals surface area contributed by atoms with Crippen molar-refractivity contribution >= 4 is 35.1 Å². The summed E-state index contributed by atoms with van der Waals surface area (Å²) in [6, 6.07) is 22.7. The number of hydrogen-bond acceptors (Lipinski definition) is 0. The van der Waals surface area contributed by atoms with Gasteiger partial charge in [0.15, 0.2) is 0 Å². The van der Waals surface area contributed by atoms with Crippen molar-refractivity contribution < 1.29 is 55.1 Å². The van der Waals surface area contributed by atoms with E-state index in [0.29, 0.717) is 23.5 Å². The van der Waals surface area contributed by atoms with Crippen molar-refractivity contribution in [1.82, 2.24) is 0 Å². The first-order chi connectivity index (χ1) is 27.4. The van der Waals surface area contributed by atoms with Gasteiger partial charge in [-0.3, -0.25) is 0 Å². The van der Waals surface area contributed by atoms with Crippen LogP contribution in [-0.4, -0.2) is 24.5 Å². The molecular weight excluding hydrogens is 914 g/mol. The third-order valence-corrected chi connectivity index (χ3v) is 64.7. The van der Waals surface area contributed by atoms with Gasteiger partial charge in [0.2, 0.25) is 0 Å². The Hall–Kier alpha value is -2.59. The van der Waals surface area contributed by atoms with E-state index in [2.05, 4.69) is 89.3 Å². The first-order valence-electron chi connectivity index (χ1n) is 20.0. The zero-order chi connectivity index (χ0) is 43.7. The van der Waals surface area contributed by atoms with Crippen LogP contribution in [0.15, 0.2) is 96.1 Å². The molecule has 0 spiro atoms. The Labute approximate surface area is 349 Å². The van der Waals surface area contributed by atoms with E-state index in [9.17, 15) is 39.5 Å². The van der Waals surface area contributed by atoms with Crippen LogP contribution in [0, 0.1) is 5.92 Å². The average molecular weight is 962 g/mol.